The summed E-state index contributed by atoms with van der Waals surface area (Å²) in [5.41, 5.74) is 5.02. The van der Waals surface area contributed by atoms with E-state index in [1.54, 1.807) is 6.26 Å². The topological polar surface area (TPSA) is 101 Å². The molecule has 0 aliphatic rings. The van der Waals surface area contributed by atoms with E-state index in [9.17, 15) is 9.00 Å². The van der Waals surface area contributed by atoms with Crippen molar-refractivity contribution in [2.24, 2.45) is 5.73 Å². The number of carboxylic acids is 1. The molecule has 0 aromatic heterocycles. The first kappa shape index (κ1) is 14.4. The van der Waals surface area contributed by atoms with Crippen LogP contribution in [0.25, 0.3) is 0 Å². The fourth-order valence-electron chi connectivity index (χ4n) is 0.324. The molecule has 12 heavy (non-hydrogen) atoms. The lowest BCUT2D eigenvalue weighted by atomic mass is 10.4. The maximum absolute atomic E-state index is 10.3. The van der Waals surface area contributed by atoms with Crippen molar-refractivity contribution in [3.05, 3.63) is 0 Å². The molecular weight excluding hydrogens is 202 g/mol. The molecule has 4 N–H and O–H groups in total. The van der Waals surface area contributed by atoms with Crippen LogP contribution in [0, 0.1) is 0 Å². The van der Waals surface area contributed by atoms with Crippen molar-refractivity contribution in [1.29, 1.82) is 0 Å². The molecule has 1 unspecified atom stereocenters. The Hall–Kier alpha value is -0.110. The highest BCUT2D eigenvalue weighted by Gasteiger charge is 2.11. The lowest BCUT2D eigenvalue weighted by Gasteiger charge is -2.00. The minimum Gasteiger partial charge on any atom is -0.480 e. The molecule has 0 aliphatic carbocycles. The Morgan fingerprint density at radius 2 is 2.08 bits per heavy atom. The number of aliphatic carboxylic acids is 1. The number of carbonyl (C=O) groups is 1. The molecule has 2 atom stereocenters. The molecule has 74 valence electrons. The fourth-order valence-corrected chi connectivity index (χ4v) is 0.972. The van der Waals surface area contributed by atoms with Gasteiger partial charge in [0.1, 0.15) is 6.04 Å². The van der Waals surface area contributed by atoms with Crippen LogP contribution in [-0.2, 0) is 15.6 Å². The molecule has 7 heteroatoms. The summed E-state index contributed by atoms with van der Waals surface area (Å²) in [6.07, 6.45) is 3.02. The molecule has 0 amide bonds. The van der Waals surface area contributed by atoms with Gasteiger partial charge in [-0.1, -0.05) is 0 Å². The monoisotopic (exact) mass is 215 g/mol. The van der Waals surface area contributed by atoms with Gasteiger partial charge in [-0.25, -0.2) is 0 Å². The summed E-state index contributed by atoms with van der Waals surface area (Å²) < 4.78 is 17.8. The van der Waals surface area contributed by atoms with Crippen molar-refractivity contribution >= 4 is 28.8 Å². The second-order valence-corrected chi connectivity index (χ2v) is 3.71. The Morgan fingerprint density at radius 1 is 1.75 bits per heavy atom. The van der Waals surface area contributed by atoms with Crippen LogP contribution in [0.3, 0.4) is 0 Å². The van der Waals surface area contributed by atoms with E-state index in [1.807, 2.05) is 0 Å². The van der Waals surface area contributed by atoms with Crippen molar-refractivity contribution in [3.8, 4) is 0 Å². The van der Waals surface area contributed by atoms with E-state index in [4.69, 9.17) is 15.4 Å². The molecule has 0 bridgehead atoms. The first-order valence-electron chi connectivity index (χ1n) is 2.91. The zero-order valence-electron chi connectivity index (χ0n) is 6.89. The van der Waals surface area contributed by atoms with E-state index in [-0.39, 0.29) is 5.75 Å². The summed E-state index contributed by atoms with van der Waals surface area (Å²) >= 11 is 0.750. The molecule has 0 heterocycles. The Balaban J connectivity index is 0. The van der Waals surface area contributed by atoms with E-state index in [1.165, 1.54) is 6.26 Å². The van der Waals surface area contributed by atoms with E-state index in [2.05, 4.69) is 0 Å². The quantitative estimate of drug-likeness (QED) is 0.554. The summed E-state index contributed by atoms with van der Waals surface area (Å²) in [5, 5.41) is 8.17. The van der Waals surface area contributed by atoms with Crippen LogP contribution in [0.4, 0.5) is 0 Å². The third kappa shape index (κ3) is 12.6. The van der Waals surface area contributed by atoms with Crippen molar-refractivity contribution < 1.29 is 18.7 Å². The van der Waals surface area contributed by atoms with Crippen molar-refractivity contribution in [1.82, 2.24) is 0 Å². The third-order valence-corrected chi connectivity index (χ3v) is 1.56. The first-order chi connectivity index (χ1) is 5.45. The van der Waals surface area contributed by atoms with Gasteiger partial charge >= 0.3 is 5.97 Å². The predicted octanol–water partition coefficient (Wildman–Crippen LogP) is -0.401. The van der Waals surface area contributed by atoms with Crippen LogP contribution in [-0.4, -0.2) is 44.1 Å². The molecule has 0 aromatic rings. The number of hydrogen-bond donors (Lipinski definition) is 3. The fraction of sp³-hybridized carbons (Fsp3) is 0.800. The standard InChI is InChI=1S/C4H9NO3S.CH4OS/c1-9(8)2-3(5)4(6)7;1-3-2/h3H,2,5H2,1H3,(H,6,7);2H,1H3/t3-,9?;/m0./s1. The molecular formula is C5H13NO4S2. The van der Waals surface area contributed by atoms with Crippen LogP contribution in [0.5, 0.6) is 0 Å². The van der Waals surface area contributed by atoms with Gasteiger partial charge in [0.2, 0.25) is 0 Å². The highest BCUT2D eigenvalue weighted by Crippen LogP contribution is 1.81. The molecule has 0 aromatic carbocycles. The molecule has 0 aliphatic heterocycles. The Bertz CT molecular complexity index is 152. The van der Waals surface area contributed by atoms with Crippen LogP contribution in [0.15, 0.2) is 0 Å². The number of hydrogen-bond acceptors (Lipinski definition) is 5. The van der Waals surface area contributed by atoms with Crippen LogP contribution < -0.4 is 5.73 Å². The average Bonchev–Trinajstić information content (AvgIpc) is 1.87. The van der Waals surface area contributed by atoms with Crippen molar-refractivity contribution in [2.45, 2.75) is 6.04 Å². The molecule has 0 rings (SSSR count). The molecule has 5 nitrogen and oxygen atoms in total. The van der Waals surface area contributed by atoms with E-state index in [0.29, 0.717) is 0 Å². The zero-order chi connectivity index (χ0) is 10.1. The molecule has 0 fully saturated rings. The van der Waals surface area contributed by atoms with Crippen LogP contribution in [0.2, 0.25) is 0 Å². The Kier molecular flexibility index (Phi) is 10.8. The van der Waals surface area contributed by atoms with Crippen molar-refractivity contribution in [3.63, 3.8) is 0 Å². The van der Waals surface area contributed by atoms with Gasteiger partial charge in [0, 0.05) is 29.1 Å². The van der Waals surface area contributed by atoms with E-state index < -0.39 is 22.8 Å². The lowest BCUT2D eigenvalue weighted by molar-refractivity contribution is -0.137. The summed E-state index contributed by atoms with van der Waals surface area (Å²) in [7, 11) is -1.12. The summed E-state index contributed by atoms with van der Waals surface area (Å²) in [4.78, 5) is 9.98. The van der Waals surface area contributed by atoms with Gasteiger partial charge in [-0.3, -0.25) is 9.00 Å². The summed E-state index contributed by atoms with van der Waals surface area (Å²) in [5.74, 6) is -1.08. The van der Waals surface area contributed by atoms with Gasteiger partial charge < -0.3 is 15.4 Å². The van der Waals surface area contributed by atoms with Gasteiger partial charge in [0.15, 0.2) is 0 Å². The second kappa shape index (κ2) is 8.98. The van der Waals surface area contributed by atoms with E-state index >= 15 is 0 Å². The Labute approximate surface area is 78.0 Å². The van der Waals surface area contributed by atoms with Gasteiger partial charge in [-0.15, -0.1) is 0 Å². The van der Waals surface area contributed by atoms with Gasteiger partial charge in [-0.05, 0) is 12.0 Å². The minimum absolute atomic E-state index is 0.0231. The second-order valence-electron chi connectivity index (χ2n) is 1.87. The molecule has 0 saturated carbocycles. The SMILES string of the molecule is CS(=O)C[C@H](N)C(=O)O.CSO. The zero-order valence-corrected chi connectivity index (χ0v) is 8.52. The van der Waals surface area contributed by atoms with Gasteiger partial charge in [-0.2, -0.15) is 0 Å². The van der Waals surface area contributed by atoms with Gasteiger partial charge in [0.05, 0.1) is 0 Å². The highest BCUT2D eigenvalue weighted by atomic mass is 32.2. The molecule has 0 radical (unpaired) electrons. The van der Waals surface area contributed by atoms with Gasteiger partial charge in [0.25, 0.3) is 0 Å². The van der Waals surface area contributed by atoms with Crippen LogP contribution >= 0.6 is 12.0 Å². The number of nitrogens with two attached hydrogens (primary N) is 1. The third-order valence-electron chi connectivity index (χ3n) is 0.731. The number of rotatable bonds is 3. The lowest BCUT2D eigenvalue weighted by Crippen LogP contribution is -2.35. The smallest absolute Gasteiger partial charge is 0.321 e. The summed E-state index contributed by atoms with van der Waals surface area (Å²) in [6.45, 7) is 0. The highest BCUT2D eigenvalue weighted by molar-refractivity contribution is 7.93. The average molecular weight is 215 g/mol. The van der Waals surface area contributed by atoms with Crippen LogP contribution in [0.1, 0.15) is 0 Å². The summed E-state index contributed by atoms with van der Waals surface area (Å²) in [6, 6.07) is -0.990. The predicted molar refractivity (Wildman–Crippen MR) is 50.7 cm³/mol. The maximum atomic E-state index is 10.3. The Morgan fingerprint density at radius 3 is 2.17 bits per heavy atom. The first-order valence-corrected chi connectivity index (χ1v) is 5.82. The number of carboxylic acid groups (broad SMARTS) is 1. The maximum Gasteiger partial charge on any atom is 0.321 e. The minimum atomic E-state index is -1.12. The molecule has 0 spiro atoms. The van der Waals surface area contributed by atoms with Crippen molar-refractivity contribution in [2.75, 3.05) is 18.3 Å². The van der Waals surface area contributed by atoms with E-state index in [0.717, 1.165) is 12.0 Å². The largest absolute Gasteiger partial charge is 0.480 e. The normalized spacial score (nSPS) is 14.0. The molecule has 0 saturated heterocycles.